The van der Waals surface area contributed by atoms with Gasteiger partial charge in [0.1, 0.15) is 12.5 Å². The lowest BCUT2D eigenvalue weighted by Gasteiger charge is -2.62. The van der Waals surface area contributed by atoms with Crippen molar-refractivity contribution in [2.45, 2.75) is 64.9 Å². The van der Waals surface area contributed by atoms with Crippen molar-refractivity contribution in [1.82, 2.24) is 0 Å². The van der Waals surface area contributed by atoms with Gasteiger partial charge in [0, 0.05) is 17.3 Å². The van der Waals surface area contributed by atoms with Crippen LogP contribution in [0.15, 0.2) is 23.8 Å². The molecule has 0 radical (unpaired) electrons. The number of hydrogen-bond acceptors (Lipinski definition) is 3. The Morgan fingerprint density at radius 2 is 1.93 bits per heavy atom. The zero-order valence-corrected chi connectivity index (χ0v) is 17.8. The number of thiol groups is 1. The summed E-state index contributed by atoms with van der Waals surface area (Å²) in [6.45, 7) is 7.16. The van der Waals surface area contributed by atoms with E-state index in [4.69, 9.17) is 0 Å². The first-order valence-electron chi connectivity index (χ1n) is 10.0. The average Bonchev–Trinajstić information content (AvgIpc) is 2.85. The van der Waals surface area contributed by atoms with E-state index in [0.29, 0.717) is 12.7 Å². The molecule has 28 heavy (non-hydrogen) atoms. The molecular weight excluding hydrogens is 382 g/mol. The quantitative estimate of drug-likeness (QED) is 0.315. The van der Waals surface area contributed by atoms with E-state index in [2.05, 4.69) is 12.6 Å². The Hall–Kier alpha value is -1.01. The molecule has 7 unspecified atom stereocenters. The minimum Gasteiger partial charge on any atom is -0.390 e. The van der Waals surface area contributed by atoms with Crippen LogP contribution in [0.1, 0.15) is 47.0 Å². The van der Waals surface area contributed by atoms with E-state index in [0.717, 1.165) is 6.08 Å². The van der Waals surface area contributed by atoms with Gasteiger partial charge in [0.25, 0.3) is 0 Å². The maximum Gasteiger partial charge on any atom is 0.189 e. The molecule has 3 aliphatic rings. The standard InChI is InChI=1S/C22H30F2O3S/c1-5-7-21(4)13(6-8-25)16(23)10-15-14-9-12(2)18(19(27)28)20(14,3)11-17(26)22(15,21)24/h5-8,12,14-18,26H,9-11H2,1-4H3,(H,27,28)/b7-5-,13-6-/t12?,14?,15?,16-,17?,18?,20?,21?,22-/m0/s1. The number of rotatable bonds is 3. The first-order chi connectivity index (χ1) is 13.0. The number of carbonyl (C=O) groups is 2. The molecule has 0 amide bonds. The molecule has 3 rings (SSSR count). The number of aliphatic hydroxyl groups is 1. The maximum atomic E-state index is 16.9. The highest BCUT2D eigenvalue weighted by Gasteiger charge is 2.72. The summed E-state index contributed by atoms with van der Waals surface area (Å²) in [5.41, 5.74) is -4.09. The summed E-state index contributed by atoms with van der Waals surface area (Å²) in [5, 5.41) is 10.9. The Morgan fingerprint density at radius 1 is 1.29 bits per heavy atom. The lowest BCUT2D eigenvalue weighted by Crippen LogP contribution is -2.68. The molecule has 0 saturated heterocycles. The average molecular weight is 413 g/mol. The number of carbonyl (C=O) groups excluding carboxylic acids is 2. The smallest absolute Gasteiger partial charge is 0.189 e. The van der Waals surface area contributed by atoms with Crippen molar-refractivity contribution in [3.63, 3.8) is 0 Å². The van der Waals surface area contributed by atoms with Gasteiger partial charge in [0.05, 0.1) is 6.10 Å². The van der Waals surface area contributed by atoms with Crippen molar-refractivity contribution in [3.05, 3.63) is 23.8 Å². The van der Waals surface area contributed by atoms with Gasteiger partial charge in [-0.3, -0.25) is 9.59 Å². The molecule has 0 aromatic carbocycles. The van der Waals surface area contributed by atoms with Crippen molar-refractivity contribution in [2.24, 2.45) is 34.5 Å². The molecule has 3 aliphatic carbocycles. The maximum absolute atomic E-state index is 16.9. The predicted molar refractivity (Wildman–Crippen MR) is 107 cm³/mol. The summed E-state index contributed by atoms with van der Waals surface area (Å²) in [5.74, 6) is -1.38. The van der Waals surface area contributed by atoms with E-state index in [1.54, 1.807) is 26.0 Å². The summed E-state index contributed by atoms with van der Waals surface area (Å²) in [4.78, 5) is 23.4. The highest BCUT2D eigenvalue weighted by molar-refractivity contribution is 7.96. The van der Waals surface area contributed by atoms with Crippen LogP contribution in [0.4, 0.5) is 8.78 Å². The van der Waals surface area contributed by atoms with Crippen LogP contribution < -0.4 is 0 Å². The predicted octanol–water partition coefficient (Wildman–Crippen LogP) is 4.26. The second kappa shape index (κ2) is 7.05. The minimum absolute atomic E-state index is 0.00695. The topological polar surface area (TPSA) is 54.4 Å². The SMILES string of the molecule is C/C=C\C1(C)/C(=C\C=O)[C@@H](F)CC2C3CC(C)C(C(=O)S)C3(C)CC(O)[C@@]21F. The Labute approximate surface area is 171 Å². The molecule has 3 fully saturated rings. The summed E-state index contributed by atoms with van der Waals surface area (Å²) >= 11 is 4.07. The largest absolute Gasteiger partial charge is 0.390 e. The third-order valence-corrected chi connectivity index (χ3v) is 8.38. The van der Waals surface area contributed by atoms with Crippen LogP contribution in [0.5, 0.6) is 0 Å². The zero-order chi connectivity index (χ0) is 21.1. The third kappa shape index (κ3) is 2.63. The van der Waals surface area contributed by atoms with Crippen LogP contribution in [-0.2, 0) is 9.59 Å². The molecule has 0 aromatic rings. The molecule has 0 aliphatic heterocycles. The second-order valence-electron chi connectivity index (χ2n) is 9.40. The molecule has 9 atom stereocenters. The van der Waals surface area contributed by atoms with Gasteiger partial charge in [0.2, 0.25) is 0 Å². The van der Waals surface area contributed by atoms with Gasteiger partial charge in [-0.25, -0.2) is 8.78 Å². The van der Waals surface area contributed by atoms with E-state index < -0.39 is 40.6 Å². The highest BCUT2D eigenvalue weighted by Crippen LogP contribution is 2.69. The van der Waals surface area contributed by atoms with Crippen molar-refractivity contribution < 1.29 is 23.5 Å². The van der Waals surface area contributed by atoms with Crippen LogP contribution in [0, 0.1) is 34.5 Å². The lowest BCUT2D eigenvalue weighted by molar-refractivity contribution is -0.200. The van der Waals surface area contributed by atoms with Gasteiger partial charge in [-0.15, -0.1) is 12.6 Å². The molecule has 3 saturated carbocycles. The van der Waals surface area contributed by atoms with E-state index in [-0.39, 0.29) is 35.4 Å². The van der Waals surface area contributed by atoms with Crippen LogP contribution >= 0.6 is 12.6 Å². The summed E-state index contributed by atoms with van der Waals surface area (Å²) < 4.78 is 32.2. The number of halogens is 2. The van der Waals surface area contributed by atoms with E-state index in [1.165, 1.54) is 0 Å². The molecule has 0 bridgehead atoms. The monoisotopic (exact) mass is 412 g/mol. The molecular formula is C22H30F2O3S. The Morgan fingerprint density at radius 3 is 2.46 bits per heavy atom. The van der Waals surface area contributed by atoms with Crippen LogP contribution in [0.25, 0.3) is 0 Å². The number of aldehydes is 1. The zero-order valence-electron chi connectivity index (χ0n) is 16.9. The first kappa shape index (κ1) is 21.7. The fourth-order valence-corrected chi connectivity index (χ4v) is 7.64. The number of aliphatic hydroxyl groups excluding tert-OH is 1. The Balaban J connectivity index is 2.19. The Bertz CT molecular complexity index is 737. The number of fused-ring (bicyclic) bond motifs is 3. The van der Waals surface area contributed by atoms with Crippen molar-refractivity contribution in [1.29, 1.82) is 0 Å². The summed E-state index contributed by atoms with van der Waals surface area (Å²) in [6, 6.07) is 0. The van der Waals surface area contributed by atoms with E-state index in [9.17, 15) is 14.7 Å². The first-order valence-corrected chi connectivity index (χ1v) is 10.5. The fourth-order valence-electron chi connectivity index (χ4n) is 7.09. The fraction of sp³-hybridized carbons (Fsp3) is 0.727. The molecule has 3 nitrogen and oxygen atoms in total. The summed E-state index contributed by atoms with van der Waals surface area (Å²) in [7, 11) is 0. The van der Waals surface area contributed by atoms with Crippen molar-refractivity contribution >= 4 is 24.0 Å². The molecule has 0 heterocycles. The van der Waals surface area contributed by atoms with Gasteiger partial charge in [0.15, 0.2) is 10.8 Å². The molecule has 1 N–H and O–H groups in total. The van der Waals surface area contributed by atoms with Crippen molar-refractivity contribution in [3.8, 4) is 0 Å². The Kier molecular flexibility index (Phi) is 5.46. The van der Waals surface area contributed by atoms with Gasteiger partial charge in [-0.2, -0.15) is 0 Å². The summed E-state index contributed by atoms with van der Waals surface area (Å²) in [6.07, 6.45) is 2.59. The van der Waals surface area contributed by atoms with Gasteiger partial charge in [-0.1, -0.05) is 26.0 Å². The van der Waals surface area contributed by atoms with Gasteiger partial charge < -0.3 is 5.11 Å². The number of alkyl halides is 2. The van der Waals surface area contributed by atoms with E-state index >= 15 is 8.78 Å². The molecule has 0 aromatic heterocycles. The van der Waals surface area contributed by atoms with Gasteiger partial charge in [-0.05, 0) is 62.0 Å². The normalized spacial score (nSPS) is 52.5. The van der Waals surface area contributed by atoms with E-state index in [1.807, 2.05) is 13.8 Å². The third-order valence-electron chi connectivity index (χ3n) is 8.10. The van der Waals surface area contributed by atoms with Crippen molar-refractivity contribution in [2.75, 3.05) is 0 Å². The second-order valence-corrected chi connectivity index (χ2v) is 9.84. The molecule has 6 heteroatoms. The number of hydrogen-bond donors (Lipinski definition) is 2. The van der Waals surface area contributed by atoms with Crippen LogP contribution in [0.3, 0.4) is 0 Å². The molecule has 0 spiro atoms. The van der Waals surface area contributed by atoms with Gasteiger partial charge >= 0.3 is 0 Å². The minimum atomic E-state index is -2.12. The van der Waals surface area contributed by atoms with Crippen LogP contribution in [0.2, 0.25) is 0 Å². The lowest BCUT2D eigenvalue weighted by atomic mass is 9.45. The molecule has 156 valence electrons. The highest BCUT2D eigenvalue weighted by atomic mass is 32.1. The number of allylic oxidation sites excluding steroid dienone is 4. The van der Waals surface area contributed by atoms with Crippen LogP contribution in [-0.4, -0.2) is 34.5 Å².